The van der Waals surface area contributed by atoms with Crippen LogP contribution in [0, 0.1) is 6.92 Å². The van der Waals surface area contributed by atoms with E-state index in [0.29, 0.717) is 11.6 Å². The third-order valence-electron chi connectivity index (χ3n) is 5.16. The van der Waals surface area contributed by atoms with E-state index >= 15 is 0 Å². The van der Waals surface area contributed by atoms with Crippen molar-refractivity contribution in [2.45, 2.75) is 26.3 Å². The minimum absolute atomic E-state index is 0.143. The summed E-state index contributed by atoms with van der Waals surface area (Å²) in [5.74, 6) is 0.698. The van der Waals surface area contributed by atoms with Crippen LogP contribution in [0.5, 0.6) is 0 Å². The zero-order chi connectivity index (χ0) is 18.5. The highest BCUT2D eigenvalue weighted by Crippen LogP contribution is 2.35. The van der Waals surface area contributed by atoms with Gasteiger partial charge in [-0.25, -0.2) is 4.98 Å². The van der Waals surface area contributed by atoms with Crippen LogP contribution < -0.4 is 5.32 Å². The van der Waals surface area contributed by atoms with Crippen molar-refractivity contribution in [2.75, 3.05) is 5.32 Å². The maximum absolute atomic E-state index is 13.0. The molecule has 2 N–H and O–H groups in total. The highest BCUT2D eigenvalue weighted by Gasteiger charge is 2.28. The van der Waals surface area contributed by atoms with Crippen molar-refractivity contribution < 1.29 is 4.79 Å². The molecule has 4 aromatic rings. The molecule has 6 heteroatoms. The molecule has 6 nitrogen and oxygen atoms in total. The lowest BCUT2D eigenvalue weighted by Crippen LogP contribution is -2.18. The summed E-state index contributed by atoms with van der Waals surface area (Å²) in [5, 5.41) is 4.01. The molecule has 134 valence electrons. The van der Waals surface area contributed by atoms with Gasteiger partial charge in [-0.2, -0.15) is 0 Å². The summed E-state index contributed by atoms with van der Waals surface area (Å²) in [6.45, 7) is 4.12. The van der Waals surface area contributed by atoms with Crippen molar-refractivity contribution in [3.05, 3.63) is 65.9 Å². The molecule has 3 aromatic heterocycles. The van der Waals surface area contributed by atoms with Crippen LogP contribution in [-0.2, 0) is 6.42 Å². The number of aromatic nitrogens is 4. The molecule has 4 heterocycles. The van der Waals surface area contributed by atoms with Gasteiger partial charge in [0.2, 0.25) is 0 Å². The Hall–Kier alpha value is -3.41. The molecule has 1 aromatic carbocycles. The third-order valence-corrected chi connectivity index (χ3v) is 5.16. The molecule has 1 aliphatic rings. The molecule has 0 bridgehead atoms. The molecule has 0 saturated heterocycles. The zero-order valence-electron chi connectivity index (χ0n) is 15.2. The number of aryl methyl sites for hydroxylation is 1. The fourth-order valence-corrected chi connectivity index (χ4v) is 3.82. The molecular formula is C21H19N5O. The fraction of sp³-hybridized carbons (Fsp3) is 0.190. The predicted octanol–water partition coefficient (Wildman–Crippen LogP) is 4.10. The summed E-state index contributed by atoms with van der Waals surface area (Å²) in [4.78, 5) is 25.2. The molecule has 1 amide bonds. The fourth-order valence-electron chi connectivity index (χ4n) is 3.82. The van der Waals surface area contributed by atoms with Gasteiger partial charge in [0.25, 0.3) is 5.91 Å². The van der Waals surface area contributed by atoms with E-state index in [4.69, 9.17) is 0 Å². The van der Waals surface area contributed by atoms with E-state index in [-0.39, 0.29) is 5.91 Å². The average Bonchev–Trinajstić information content (AvgIpc) is 3.28. The number of nitrogens with one attached hydrogen (secondary N) is 2. The van der Waals surface area contributed by atoms with Crippen LogP contribution in [0.25, 0.3) is 22.3 Å². The number of fused-ring (bicyclic) bond motifs is 4. The number of imidazole rings is 1. The van der Waals surface area contributed by atoms with E-state index in [2.05, 4.69) is 31.8 Å². The smallest absolute Gasteiger partial charge is 0.257 e. The van der Waals surface area contributed by atoms with Crippen molar-refractivity contribution in [2.24, 2.45) is 0 Å². The Morgan fingerprint density at radius 3 is 3.07 bits per heavy atom. The van der Waals surface area contributed by atoms with Crippen molar-refractivity contribution in [1.82, 2.24) is 19.5 Å². The molecule has 5 rings (SSSR count). The first kappa shape index (κ1) is 15.8. The first-order chi connectivity index (χ1) is 13.1. The third kappa shape index (κ3) is 2.52. The second-order valence-corrected chi connectivity index (χ2v) is 7.08. The van der Waals surface area contributed by atoms with Crippen LogP contribution in [0.4, 0.5) is 5.69 Å². The number of carbonyl (C=O) groups excluding carboxylic acids is 1. The largest absolute Gasteiger partial charge is 0.364 e. The average molecular weight is 357 g/mol. The summed E-state index contributed by atoms with van der Waals surface area (Å²) < 4.78 is 2.12. The molecule has 0 fully saturated rings. The summed E-state index contributed by atoms with van der Waals surface area (Å²) in [7, 11) is 0. The molecule has 0 saturated carbocycles. The summed E-state index contributed by atoms with van der Waals surface area (Å²) in [6.07, 6.45) is 6.39. The van der Waals surface area contributed by atoms with Crippen molar-refractivity contribution in [1.29, 1.82) is 0 Å². The van der Waals surface area contributed by atoms with Gasteiger partial charge in [-0.15, -0.1) is 0 Å². The summed E-state index contributed by atoms with van der Waals surface area (Å²) in [6, 6.07) is 10.1. The number of rotatable bonds is 2. The number of nitrogens with zero attached hydrogens (tertiary/aromatic N) is 3. The van der Waals surface area contributed by atoms with Gasteiger partial charge in [0.15, 0.2) is 0 Å². The van der Waals surface area contributed by atoms with Gasteiger partial charge >= 0.3 is 0 Å². The topological polar surface area (TPSA) is 75.6 Å². The van der Waals surface area contributed by atoms with Gasteiger partial charge in [-0.3, -0.25) is 9.78 Å². The molecule has 27 heavy (non-hydrogen) atoms. The van der Waals surface area contributed by atoms with Crippen LogP contribution >= 0.6 is 0 Å². The van der Waals surface area contributed by atoms with Gasteiger partial charge in [0, 0.05) is 53.5 Å². The van der Waals surface area contributed by atoms with E-state index in [1.165, 1.54) is 0 Å². The minimum Gasteiger partial charge on any atom is -0.364 e. The Kier molecular flexibility index (Phi) is 3.40. The number of H-pyrrole nitrogens is 1. The minimum atomic E-state index is -0.143. The molecule has 1 atom stereocenters. The van der Waals surface area contributed by atoms with Crippen LogP contribution in [0.15, 0.2) is 48.9 Å². The van der Waals surface area contributed by atoms with Gasteiger partial charge in [-0.1, -0.05) is 6.07 Å². The first-order valence-corrected chi connectivity index (χ1v) is 9.02. The number of pyridine rings is 1. The van der Waals surface area contributed by atoms with Crippen molar-refractivity contribution >= 4 is 22.5 Å². The van der Waals surface area contributed by atoms with E-state index in [0.717, 1.165) is 45.8 Å². The lowest BCUT2D eigenvalue weighted by atomic mass is 10.0. The summed E-state index contributed by atoms with van der Waals surface area (Å²) in [5.41, 5.74) is 5.22. The predicted molar refractivity (Wildman–Crippen MR) is 105 cm³/mol. The molecule has 0 aliphatic carbocycles. The zero-order valence-corrected chi connectivity index (χ0v) is 15.2. The number of amides is 1. The maximum atomic E-state index is 13.0. The Bertz CT molecular complexity index is 1190. The van der Waals surface area contributed by atoms with E-state index in [1.807, 2.05) is 43.5 Å². The normalized spacial score (nSPS) is 15.4. The Balaban J connectivity index is 1.49. The Morgan fingerprint density at radius 2 is 2.19 bits per heavy atom. The van der Waals surface area contributed by atoms with Crippen LogP contribution in [0.3, 0.4) is 0 Å². The Labute approximate surface area is 156 Å². The van der Waals surface area contributed by atoms with E-state index in [1.54, 1.807) is 12.4 Å². The number of hydrogen-bond donors (Lipinski definition) is 2. The standard InChI is InChI=1S/C21H19N5O/c1-12-3-4-14-10-15(5-6-17(14)24-12)25-21(27)16-11-23-18-9-13(2)26-8-7-22-20(26)19(16)18/h3-8,10-11,13,23H,9H2,1-2H3,(H,25,27)/t13-/m1/s1. The monoisotopic (exact) mass is 357 g/mol. The van der Waals surface area contributed by atoms with Gasteiger partial charge in [0.05, 0.1) is 16.6 Å². The molecule has 1 aliphatic heterocycles. The van der Waals surface area contributed by atoms with E-state index in [9.17, 15) is 4.79 Å². The number of anilines is 1. The number of carbonyl (C=O) groups is 1. The number of hydrogen-bond acceptors (Lipinski definition) is 3. The maximum Gasteiger partial charge on any atom is 0.257 e. The molecular weight excluding hydrogens is 338 g/mol. The number of benzene rings is 1. The second-order valence-electron chi connectivity index (χ2n) is 7.08. The SMILES string of the molecule is Cc1ccc2cc(NC(=O)c3c[nH]c4c3-c3nccn3[C@H](C)C4)ccc2n1. The van der Waals surface area contributed by atoms with Gasteiger partial charge in [-0.05, 0) is 38.1 Å². The molecule has 0 spiro atoms. The van der Waals surface area contributed by atoms with Crippen LogP contribution in [0.1, 0.15) is 34.7 Å². The lowest BCUT2D eigenvalue weighted by molar-refractivity contribution is 0.102. The highest BCUT2D eigenvalue weighted by molar-refractivity contribution is 6.09. The highest BCUT2D eigenvalue weighted by atomic mass is 16.1. The van der Waals surface area contributed by atoms with Gasteiger partial charge < -0.3 is 14.9 Å². The van der Waals surface area contributed by atoms with Crippen LogP contribution in [-0.4, -0.2) is 25.4 Å². The lowest BCUT2D eigenvalue weighted by Gasteiger charge is -2.22. The number of aromatic amines is 1. The molecule has 0 radical (unpaired) electrons. The second kappa shape index (κ2) is 5.81. The quantitative estimate of drug-likeness (QED) is 0.567. The Morgan fingerprint density at radius 1 is 1.30 bits per heavy atom. The van der Waals surface area contributed by atoms with Gasteiger partial charge in [0.1, 0.15) is 5.82 Å². The van der Waals surface area contributed by atoms with Crippen molar-refractivity contribution in [3.63, 3.8) is 0 Å². The summed E-state index contributed by atoms with van der Waals surface area (Å²) >= 11 is 0. The first-order valence-electron chi connectivity index (χ1n) is 9.02. The van der Waals surface area contributed by atoms with E-state index < -0.39 is 0 Å². The van der Waals surface area contributed by atoms with Crippen LogP contribution in [0.2, 0.25) is 0 Å². The van der Waals surface area contributed by atoms with Crippen molar-refractivity contribution in [3.8, 4) is 11.4 Å². The molecule has 0 unspecified atom stereocenters.